The third-order valence-corrected chi connectivity index (χ3v) is 6.57. The molecule has 0 spiro atoms. The molecule has 1 aromatic heterocycles. The SMILES string of the molecule is C[C@@H]1CN(c2cnc(C(F)(F)F)cn2)C[C@H](C)N1C(=O)NC1CCN(Cc2ccccc2)CC1. The number of nitrogens with one attached hydrogen (secondary N) is 1. The fourth-order valence-corrected chi connectivity index (χ4v) is 4.87. The van der Waals surface area contributed by atoms with Gasteiger partial charge in [-0.25, -0.2) is 14.8 Å². The minimum absolute atomic E-state index is 0.0836. The fourth-order valence-electron chi connectivity index (χ4n) is 4.87. The van der Waals surface area contributed by atoms with Crippen LogP contribution in [0.2, 0.25) is 0 Å². The molecule has 34 heavy (non-hydrogen) atoms. The molecule has 2 amide bonds. The van der Waals surface area contributed by atoms with Crippen LogP contribution < -0.4 is 10.2 Å². The van der Waals surface area contributed by atoms with E-state index in [9.17, 15) is 18.0 Å². The van der Waals surface area contributed by atoms with Crippen LogP contribution in [-0.4, -0.2) is 70.1 Å². The predicted octanol–water partition coefficient (Wildman–Crippen LogP) is 3.77. The Bertz CT molecular complexity index is 935. The molecule has 1 N–H and O–H groups in total. The largest absolute Gasteiger partial charge is 0.434 e. The van der Waals surface area contributed by atoms with Gasteiger partial charge >= 0.3 is 12.2 Å². The van der Waals surface area contributed by atoms with Gasteiger partial charge < -0.3 is 15.1 Å². The first-order valence-electron chi connectivity index (χ1n) is 11.7. The van der Waals surface area contributed by atoms with E-state index in [4.69, 9.17) is 0 Å². The monoisotopic (exact) mass is 476 g/mol. The van der Waals surface area contributed by atoms with Crippen molar-refractivity contribution < 1.29 is 18.0 Å². The molecule has 2 fully saturated rings. The van der Waals surface area contributed by atoms with E-state index >= 15 is 0 Å². The zero-order valence-corrected chi connectivity index (χ0v) is 19.5. The number of piperidine rings is 1. The zero-order valence-electron chi connectivity index (χ0n) is 19.5. The summed E-state index contributed by atoms with van der Waals surface area (Å²) in [6.07, 6.45) is -0.791. The average molecular weight is 477 g/mol. The maximum absolute atomic E-state index is 13.1. The van der Waals surface area contributed by atoms with Gasteiger partial charge in [-0.05, 0) is 32.3 Å². The molecule has 2 aromatic rings. The number of carbonyl (C=O) groups excluding carboxylic acids is 1. The van der Waals surface area contributed by atoms with Crippen LogP contribution in [0, 0.1) is 0 Å². The van der Waals surface area contributed by atoms with Crippen LogP contribution in [0.4, 0.5) is 23.8 Å². The van der Waals surface area contributed by atoms with Crippen LogP contribution in [0.1, 0.15) is 37.9 Å². The lowest BCUT2D eigenvalue weighted by Gasteiger charge is -2.45. The Balaban J connectivity index is 1.28. The highest BCUT2D eigenvalue weighted by Crippen LogP contribution is 2.28. The van der Waals surface area contributed by atoms with E-state index in [0.717, 1.165) is 44.9 Å². The molecule has 1 aromatic carbocycles. The number of anilines is 1. The number of rotatable bonds is 4. The van der Waals surface area contributed by atoms with Gasteiger partial charge in [-0.1, -0.05) is 30.3 Å². The van der Waals surface area contributed by atoms with Crippen LogP contribution in [0.3, 0.4) is 0 Å². The van der Waals surface area contributed by atoms with Gasteiger partial charge in [0.25, 0.3) is 0 Å². The molecule has 10 heteroatoms. The molecule has 2 saturated heterocycles. The van der Waals surface area contributed by atoms with Gasteiger partial charge in [0.15, 0.2) is 5.69 Å². The first-order valence-corrected chi connectivity index (χ1v) is 11.7. The molecule has 0 bridgehead atoms. The highest BCUT2D eigenvalue weighted by atomic mass is 19.4. The number of likely N-dealkylation sites (tertiary alicyclic amines) is 1. The second-order valence-electron chi connectivity index (χ2n) is 9.25. The standard InChI is InChI=1S/C24H31F3N6O/c1-17-14-32(22-13-28-21(12-29-22)24(25,26)27)15-18(2)33(17)23(34)30-20-8-10-31(11-9-20)16-19-6-4-3-5-7-19/h3-7,12-13,17-18,20H,8-11,14-16H2,1-2H3,(H,30,34)/t17-,18+. The van der Waals surface area contributed by atoms with Crippen LogP contribution in [-0.2, 0) is 12.7 Å². The zero-order chi connectivity index (χ0) is 24.3. The molecule has 0 radical (unpaired) electrons. The minimum Gasteiger partial charge on any atom is -0.351 e. The van der Waals surface area contributed by atoms with Gasteiger partial charge in [-0.15, -0.1) is 0 Å². The summed E-state index contributed by atoms with van der Waals surface area (Å²) in [6.45, 7) is 7.64. The topological polar surface area (TPSA) is 64.6 Å². The first kappa shape index (κ1) is 24.3. The first-order chi connectivity index (χ1) is 16.2. The summed E-state index contributed by atoms with van der Waals surface area (Å²) < 4.78 is 38.3. The van der Waals surface area contributed by atoms with Crippen LogP contribution in [0.5, 0.6) is 0 Å². The molecule has 0 aliphatic carbocycles. The minimum atomic E-state index is -4.51. The van der Waals surface area contributed by atoms with E-state index in [2.05, 4.69) is 44.5 Å². The molecule has 2 atom stereocenters. The van der Waals surface area contributed by atoms with E-state index in [1.54, 1.807) is 0 Å². The van der Waals surface area contributed by atoms with Gasteiger partial charge in [0, 0.05) is 50.8 Å². The molecular weight excluding hydrogens is 445 g/mol. The van der Waals surface area contributed by atoms with Crippen LogP contribution in [0.25, 0.3) is 0 Å². The lowest BCUT2D eigenvalue weighted by atomic mass is 10.0. The number of halogens is 3. The van der Waals surface area contributed by atoms with Crippen molar-refractivity contribution in [3.63, 3.8) is 0 Å². The average Bonchev–Trinajstić information content (AvgIpc) is 2.80. The number of hydrogen-bond acceptors (Lipinski definition) is 5. The normalized spacial score (nSPS) is 22.6. The number of benzene rings is 1. The fraction of sp³-hybridized carbons (Fsp3) is 0.542. The smallest absolute Gasteiger partial charge is 0.351 e. The molecule has 7 nitrogen and oxygen atoms in total. The van der Waals surface area contributed by atoms with E-state index in [1.165, 1.54) is 5.56 Å². The number of nitrogens with zero attached hydrogens (tertiary/aromatic N) is 5. The second kappa shape index (κ2) is 10.2. The maximum atomic E-state index is 13.1. The Morgan fingerprint density at radius 1 is 1.03 bits per heavy atom. The van der Waals surface area contributed by atoms with Gasteiger partial charge in [-0.2, -0.15) is 13.2 Å². The Morgan fingerprint density at radius 2 is 1.68 bits per heavy atom. The molecule has 2 aliphatic rings. The summed E-state index contributed by atoms with van der Waals surface area (Å²) in [5.74, 6) is 0.387. The summed E-state index contributed by atoms with van der Waals surface area (Å²) >= 11 is 0. The highest BCUT2D eigenvalue weighted by molar-refractivity contribution is 5.75. The van der Waals surface area contributed by atoms with E-state index in [0.29, 0.717) is 18.9 Å². The molecule has 2 aliphatic heterocycles. The summed E-state index contributed by atoms with van der Waals surface area (Å²) in [5, 5.41) is 3.20. The number of aromatic nitrogens is 2. The van der Waals surface area contributed by atoms with Crippen LogP contribution in [0.15, 0.2) is 42.7 Å². The third kappa shape index (κ3) is 5.78. The van der Waals surface area contributed by atoms with Gasteiger partial charge in [0.1, 0.15) is 5.82 Å². The van der Waals surface area contributed by atoms with Crippen molar-refractivity contribution in [3.8, 4) is 0 Å². The second-order valence-corrected chi connectivity index (χ2v) is 9.25. The number of hydrogen-bond donors (Lipinski definition) is 1. The van der Waals surface area contributed by atoms with E-state index in [1.807, 2.05) is 29.7 Å². The summed E-state index contributed by atoms with van der Waals surface area (Å²) in [4.78, 5) is 26.7. The van der Waals surface area contributed by atoms with Crippen LogP contribution >= 0.6 is 0 Å². The Kier molecular flexibility index (Phi) is 7.25. The number of alkyl halides is 3. The number of carbonyl (C=O) groups is 1. The lowest BCUT2D eigenvalue weighted by Crippen LogP contribution is -2.62. The van der Waals surface area contributed by atoms with Gasteiger partial charge in [-0.3, -0.25) is 4.90 Å². The Hall–Kier alpha value is -2.88. The molecule has 184 valence electrons. The van der Waals surface area contributed by atoms with Gasteiger partial charge in [0.05, 0.1) is 12.4 Å². The molecular formula is C24H31F3N6O. The van der Waals surface area contributed by atoms with Gasteiger partial charge in [0.2, 0.25) is 0 Å². The highest BCUT2D eigenvalue weighted by Gasteiger charge is 2.36. The predicted molar refractivity (Wildman–Crippen MR) is 123 cm³/mol. The number of urea groups is 1. The molecule has 0 unspecified atom stereocenters. The Labute approximate surface area is 198 Å². The molecule has 0 saturated carbocycles. The quantitative estimate of drug-likeness (QED) is 0.728. The number of amides is 2. The van der Waals surface area contributed by atoms with E-state index in [-0.39, 0.29) is 24.2 Å². The molecule has 3 heterocycles. The van der Waals surface area contributed by atoms with Crippen molar-refractivity contribution in [2.24, 2.45) is 0 Å². The lowest BCUT2D eigenvalue weighted by molar-refractivity contribution is -0.141. The summed E-state index contributed by atoms with van der Waals surface area (Å²) in [6, 6.07) is 10.2. The molecule has 4 rings (SSSR count). The van der Waals surface area contributed by atoms with Crippen molar-refractivity contribution in [2.75, 3.05) is 31.1 Å². The van der Waals surface area contributed by atoms with Crippen molar-refractivity contribution in [2.45, 2.75) is 57.5 Å². The van der Waals surface area contributed by atoms with Crippen molar-refractivity contribution in [3.05, 3.63) is 54.0 Å². The van der Waals surface area contributed by atoms with Crippen molar-refractivity contribution >= 4 is 11.8 Å². The van der Waals surface area contributed by atoms with Crippen molar-refractivity contribution in [1.29, 1.82) is 0 Å². The summed E-state index contributed by atoms with van der Waals surface area (Å²) in [5.41, 5.74) is 0.286. The maximum Gasteiger partial charge on any atom is 0.434 e. The summed E-state index contributed by atoms with van der Waals surface area (Å²) in [7, 11) is 0. The number of piperazine rings is 1. The third-order valence-electron chi connectivity index (χ3n) is 6.57. The van der Waals surface area contributed by atoms with Crippen molar-refractivity contribution in [1.82, 2.24) is 25.1 Å². The Morgan fingerprint density at radius 3 is 2.24 bits per heavy atom. The van der Waals surface area contributed by atoms with E-state index < -0.39 is 11.9 Å².